The zero-order valence-electron chi connectivity index (χ0n) is 10.7. The standard InChI is InChI=1S/C14H9BrF3NO2/c1-21-13-3-2-7(4-8(13)15)14(20)19-12-6-10(17)9(16)5-11(12)18/h2-6H,1H3,(H,19,20). The molecule has 0 atom stereocenters. The lowest BCUT2D eigenvalue weighted by Gasteiger charge is -2.09. The van der Waals surface area contributed by atoms with Crippen molar-refractivity contribution in [3.63, 3.8) is 0 Å². The molecule has 110 valence electrons. The summed E-state index contributed by atoms with van der Waals surface area (Å²) in [5, 5.41) is 2.18. The van der Waals surface area contributed by atoms with E-state index in [4.69, 9.17) is 4.74 Å². The number of hydrogen-bond acceptors (Lipinski definition) is 2. The molecule has 0 bridgehead atoms. The third kappa shape index (κ3) is 3.36. The Morgan fingerprint density at radius 2 is 1.76 bits per heavy atom. The first-order valence-corrected chi connectivity index (χ1v) is 6.51. The lowest BCUT2D eigenvalue weighted by atomic mass is 10.2. The second-order valence-corrected chi connectivity index (χ2v) is 4.90. The van der Waals surface area contributed by atoms with Crippen LogP contribution in [0.1, 0.15) is 10.4 Å². The van der Waals surface area contributed by atoms with Gasteiger partial charge in [-0.1, -0.05) is 0 Å². The summed E-state index contributed by atoms with van der Waals surface area (Å²) in [5.74, 6) is -3.77. The minimum atomic E-state index is -1.32. The molecule has 0 aliphatic rings. The van der Waals surface area contributed by atoms with E-state index >= 15 is 0 Å². The van der Waals surface area contributed by atoms with E-state index in [0.29, 0.717) is 22.4 Å². The van der Waals surface area contributed by atoms with Crippen LogP contribution in [0.5, 0.6) is 5.75 Å². The van der Waals surface area contributed by atoms with Crippen LogP contribution in [-0.4, -0.2) is 13.0 Å². The molecule has 0 aliphatic carbocycles. The Kier molecular flexibility index (Phi) is 4.52. The summed E-state index contributed by atoms with van der Waals surface area (Å²) in [6.45, 7) is 0. The van der Waals surface area contributed by atoms with Gasteiger partial charge in [0.15, 0.2) is 11.6 Å². The number of halogens is 4. The van der Waals surface area contributed by atoms with Gasteiger partial charge in [0.1, 0.15) is 11.6 Å². The molecule has 0 radical (unpaired) electrons. The maximum atomic E-state index is 13.5. The van der Waals surface area contributed by atoms with Crippen LogP contribution in [0, 0.1) is 17.5 Å². The molecule has 1 amide bonds. The van der Waals surface area contributed by atoms with Crippen LogP contribution in [0.2, 0.25) is 0 Å². The summed E-state index contributed by atoms with van der Waals surface area (Å²) < 4.78 is 44.9. The molecule has 0 aromatic heterocycles. The van der Waals surface area contributed by atoms with E-state index in [0.717, 1.165) is 0 Å². The molecule has 0 aliphatic heterocycles. The van der Waals surface area contributed by atoms with Gasteiger partial charge in [0, 0.05) is 17.7 Å². The second-order valence-electron chi connectivity index (χ2n) is 4.05. The van der Waals surface area contributed by atoms with Crippen molar-refractivity contribution < 1.29 is 22.7 Å². The van der Waals surface area contributed by atoms with Gasteiger partial charge in [0.2, 0.25) is 0 Å². The van der Waals surface area contributed by atoms with Gasteiger partial charge in [-0.15, -0.1) is 0 Å². The first-order valence-electron chi connectivity index (χ1n) is 5.72. The molecule has 0 unspecified atom stereocenters. The van der Waals surface area contributed by atoms with Gasteiger partial charge < -0.3 is 10.1 Å². The van der Waals surface area contributed by atoms with E-state index in [-0.39, 0.29) is 5.56 Å². The lowest BCUT2D eigenvalue weighted by molar-refractivity contribution is 0.102. The number of benzene rings is 2. The third-order valence-corrected chi connectivity index (χ3v) is 3.29. The van der Waals surface area contributed by atoms with Gasteiger partial charge in [-0.2, -0.15) is 0 Å². The predicted octanol–water partition coefficient (Wildman–Crippen LogP) is 4.13. The third-order valence-electron chi connectivity index (χ3n) is 2.67. The fourth-order valence-electron chi connectivity index (χ4n) is 1.62. The van der Waals surface area contributed by atoms with Crippen LogP contribution in [-0.2, 0) is 0 Å². The molecule has 0 saturated heterocycles. The number of rotatable bonds is 3. The largest absolute Gasteiger partial charge is 0.496 e. The molecular formula is C14H9BrF3NO2. The van der Waals surface area contributed by atoms with Gasteiger partial charge in [-0.05, 0) is 34.1 Å². The van der Waals surface area contributed by atoms with Crippen LogP contribution in [0.4, 0.5) is 18.9 Å². The number of ether oxygens (including phenoxy) is 1. The van der Waals surface area contributed by atoms with E-state index in [2.05, 4.69) is 21.2 Å². The molecule has 2 aromatic rings. The highest BCUT2D eigenvalue weighted by atomic mass is 79.9. The van der Waals surface area contributed by atoms with Crippen molar-refractivity contribution >= 4 is 27.5 Å². The van der Waals surface area contributed by atoms with Gasteiger partial charge in [0.25, 0.3) is 5.91 Å². The summed E-state index contributed by atoms with van der Waals surface area (Å²) in [4.78, 5) is 12.0. The highest BCUT2D eigenvalue weighted by Crippen LogP contribution is 2.26. The highest BCUT2D eigenvalue weighted by molar-refractivity contribution is 9.10. The molecule has 0 heterocycles. The zero-order valence-corrected chi connectivity index (χ0v) is 12.3. The van der Waals surface area contributed by atoms with Crippen LogP contribution in [0.3, 0.4) is 0 Å². The van der Waals surface area contributed by atoms with Crippen molar-refractivity contribution in [2.45, 2.75) is 0 Å². The molecule has 2 rings (SSSR count). The van der Waals surface area contributed by atoms with E-state index in [9.17, 15) is 18.0 Å². The Bertz CT molecular complexity index is 707. The summed E-state index contributed by atoms with van der Waals surface area (Å²) >= 11 is 3.21. The SMILES string of the molecule is COc1ccc(C(=O)Nc2cc(F)c(F)cc2F)cc1Br. The van der Waals surface area contributed by atoms with Crippen molar-refractivity contribution in [1.29, 1.82) is 0 Å². The number of amides is 1. The Morgan fingerprint density at radius 3 is 2.38 bits per heavy atom. The molecule has 21 heavy (non-hydrogen) atoms. The van der Waals surface area contributed by atoms with E-state index in [1.54, 1.807) is 6.07 Å². The Morgan fingerprint density at radius 1 is 1.10 bits per heavy atom. The van der Waals surface area contributed by atoms with Crippen molar-refractivity contribution in [3.05, 3.63) is 57.8 Å². The monoisotopic (exact) mass is 359 g/mol. The summed E-state index contributed by atoms with van der Waals surface area (Å²) in [6.07, 6.45) is 0. The maximum absolute atomic E-state index is 13.5. The minimum Gasteiger partial charge on any atom is -0.496 e. The van der Waals surface area contributed by atoms with E-state index in [1.807, 2.05) is 0 Å². The summed E-state index contributed by atoms with van der Waals surface area (Å²) in [7, 11) is 1.47. The number of anilines is 1. The molecule has 2 aromatic carbocycles. The second kappa shape index (κ2) is 6.17. The first-order chi connectivity index (χ1) is 9.92. The highest BCUT2D eigenvalue weighted by Gasteiger charge is 2.14. The van der Waals surface area contributed by atoms with Crippen molar-refractivity contribution in [3.8, 4) is 5.75 Å². The zero-order chi connectivity index (χ0) is 15.6. The fourth-order valence-corrected chi connectivity index (χ4v) is 2.16. The van der Waals surface area contributed by atoms with E-state index < -0.39 is 29.0 Å². The summed E-state index contributed by atoms with van der Waals surface area (Å²) in [5.41, 5.74) is -0.238. The fraction of sp³-hybridized carbons (Fsp3) is 0.0714. The van der Waals surface area contributed by atoms with Crippen LogP contribution >= 0.6 is 15.9 Å². The molecule has 7 heteroatoms. The Balaban J connectivity index is 2.26. The normalized spacial score (nSPS) is 10.3. The topological polar surface area (TPSA) is 38.3 Å². The smallest absolute Gasteiger partial charge is 0.255 e. The first kappa shape index (κ1) is 15.4. The molecule has 0 saturated carbocycles. The number of nitrogens with one attached hydrogen (secondary N) is 1. The average molecular weight is 360 g/mol. The molecule has 0 spiro atoms. The minimum absolute atomic E-state index is 0.201. The van der Waals surface area contributed by atoms with Crippen LogP contribution in [0.25, 0.3) is 0 Å². The number of hydrogen-bond donors (Lipinski definition) is 1. The van der Waals surface area contributed by atoms with Gasteiger partial charge in [-0.3, -0.25) is 4.79 Å². The average Bonchev–Trinajstić information content (AvgIpc) is 2.44. The predicted molar refractivity (Wildman–Crippen MR) is 75.0 cm³/mol. The number of carbonyl (C=O) groups excluding carboxylic acids is 1. The number of carbonyl (C=O) groups is 1. The molecular weight excluding hydrogens is 351 g/mol. The molecule has 0 fully saturated rings. The van der Waals surface area contributed by atoms with Crippen LogP contribution in [0.15, 0.2) is 34.8 Å². The number of methoxy groups -OCH3 is 1. The van der Waals surface area contributed by atoms with Crippen molar-refractivity contribution in [2.75, 3.05) is 12.4 Å². The van der Waals surface area contributed by atoms with Crippen molar-refractivity contribution in [1.82, 2.24) is 0 Å². The van der Waals surface area contributed by atoms with Gasteiger partial charge >= 0.3 is 0 Å². The molecule has 1 N–H and O–H groups in total. The van der Waals surface area contributed by atoms with Gasteiger partial charge in [-0.25, -0.2) is 13.2 Å². The Hall–Kier alpha value is -2.02. The van der Waals surface area contributed by atoms with Crippen molar-refractivity contribution in [2.24, 2.45) is 0 Å². The van der Waals surface area contributed by atoms with E-state index in [1.165, 1.54) is 19.2 Å². The maximum Gasteiger partial charge on any atom is 0.255 e. The van der Waals surface area contributed by atoms with Crippen LogP contribution < -0.4 is 10.1 Å². The quantitative estimate of drug-likeness (QED) is 0.836. The Labute approximate surface area is 126 Å². The summed E-state index contributed by atoms with van der Waals surface area (Å²) in [6, 6.07) is 5.42. The lowest BCUT2D eigenvalue weighted by Crippen LogP contribution is -2.13. The van der Waals surface area contributed by atoms with Gasteiger partial charge in [0.05, 0.1) is 17.3 Å². The molecule has 3 nitrogen and oxygen atoms in total.